The maximum Gasteiger partial charge on any atom is 0.222 e. The van der Waals surface area contributed by atoms with E-state index in [0.717, 1.165) is 25.0 Å². The molecule has 2 rings (SSSR count). The third-order valence-electron chi connectivity index (χ3n) is 4.18. The van der Waals surface area contributed by atoms with Crippen LogP contribution < -0.4 is 5.32 Å². The van der Waals surface area contributed by atoms with Crippen LogP contribution in [0.4, 0.5) is 0 Å². The smallest absolute Gasteiger partial charge is 0.222 e. The van der Waals surface area contributed by atoms with E-state index in [9.17, 15) is 9.59 Å². The van der Waals surface area contributed by atoms with E-state index in [2.05, 4.69) is 11.4 Å². The summed E-state index contributed by atoms with van der Waals surface area (Å²) in [7, 11) is 0. The average molecular weight is 318 g/mol. The molecular formula is C18H26N2O3. The molecule has 0 radical (unpaired) electrons. The molecule has 0 aliphatic heterocycles. The minimum absolute atomic E-state index is 0.0280. The fourth-order valence-electron chi connectivity index (χ4n) is 2.76. The molecule has 0 fully saturated rings. The molecule has 0 aromatic carbocycles. The van der Waals surface area contributed by atoms with Crippen LogP contribution in [0, 0.1) is 0 Å². The van der Waals surface area contributed by atoms with Gasteiger partial charge in [-0.05, 0) is 44.2 Å². The predicted octanol–water partition coefficient (Wildman–Crippen LogP) is 3.02. The second-order valence-corrected chi connectivity index (χ2v) is 5.97. The number of nitrogens with one attached hydrogen (secondary N) is 1. The second-order valence-electron chi connectivity index (χ2n) is 5.97. The SMILES string of the molecule is CC(=O)N(CCC(=O)NCc1ccco1)CCC1=CCCCC1. The molecule has 0 saturated carbocycles. The molecule has 1 aliphatic carbocycles. The van der Waals surface area contributed by atoms with Gasteiger partial charge >= 0.3 is 0 Å². The van der Waals surface area contributed by atoms with Gasteiger partial charge in [-0.25, -0.2) is 0 Å². The zero-order valence-electron chi connectivity index (χ0n) is 13.8. The summed E-state index contributed by atoms with van der Waals surface area (Å²) in [6.45, 7) is 3.12. The Kier molecular flexibility index (Phi) is 6.91. The standard InChI is InChI=1S/C18H26N2O3/c1-15(21)20(11-9-16-6-3-2-4-7-16)12-10-18(22)19-14-17-8-5-13-23-17/h5-6,8,13H,2-4,7,9-12,14H2,1H3,(H,19,22). The van der Waals surface area contributed by atoms with Crippen molar-refractivity contribution in [3.05, 3.63) is 35.8 Å². The molecule has 5 nitrogen and oxygen atoms in total. The largest absolute Gasteiger partial charge is 0.467 e. The lowest BCUT2D eigenvalue weighted by molar-refractivity contribution is -0.129. The highest BCUT2D eigenvalue weighted by Crippen LogP contribution is 2.20. The number of hydrogen-bond acceptors (Lipinski definition) is 3. The number of furan rings is 1. The Labute approximate surface area is 137 Å². The Morgan fingerprint density at radius 2 is 2.17 bits per heavy atom. The predicted molar refractivity (Wildman–Crippen MR) is 88.6 cm³/mol. The van der Waals surface area contributed by atoms with Gasteiger partial charge in [0.1, 0.15) is 5.76 Å². The number of nitrogens with zero attached hydrogens (tertiary/aromatic N) is 1. The molecule has 1 aliphatic rings. The topological polar surface area (TPSA) is 62.6 Å². The number of carbonyl (C=O) groups is 2. The zero-order valence-corrected chi connectivity index (χ0v) is 13.8. The monoisotopic (exact) mass is 318 g/mol. The van der Waals surface area contributed by atoms with Gasteiger partial charge in [0.25, 0.3) is 0 Å². The summed E-state index contributed by atoms with van der Waals surface area (Å²) >= 11 is 0. The number of hydrogen-bond donors (Lipinski definition) is 1. The summed E-state index contributed by atoms with van der Waals surface area (Å²) in [4.78, 5) is 25.4. The molecule has 0 unspecified atom stereocenters. The van der Waals surface area contributed by atoms with E-state index < -0.39 is 0 Å². The van der Waals surface area contributed by atoms with Gasteiger partial charge < -0.3 is 14.6 Å². The van der Waals surface area contributed by atoms with Crippen molar-refractivity contribution in [2.45, 2.75) is 52.0 Å². The van der Waals surface area contributed by atoms with Crippen LogP contribution in [-0.4, -0.2) is 29.8 Å². The average Bonchev–Trinajstić information content (AvgIpc) is 3.07. The van der Waals surface area contributed by atoms with Crippen molar-refractivity contribution in [1.29, 1.82) is 0 Å². The van der Waals surface area contributed by atoms with Crippen LogP contribution in [0.3, 0.4) is 0 Å². The summed E-state index contributed by atoms with van der Waals surface area (Å²) < 4.78 is 5.17. The van der Waals surface area contributed by atoms with E-state index in [4.69, 9.17) is 4.42 Å². The van der Waals surface area contributed by atoms with Gasteiger partial charge in [-0.1, -0.05) is 11.6 Å². The first-order valence-electron chi connectivity index (χ1n) is 8.37. The van der Waals surface area contributed by atoms with Crippen molar-refractivity contribution in [2.24, 2.45) is 0 Å². The van der Waals surface area contributed by atoms with Crippen molar-refractivity contribution >= 4 is 11.8 Å². The molecule has 0 spiro atoms. The maximum atomic E-state index is 11.9. The second kappa shape index (κ2) is 9.18. The number of allylic oxidation sites excluding steroid dienone is 1. The summed E-state index contributed by atoms with van der Waals surface area (Å²) in [5.41, 5.74) is 1.45. The van der Waals surface area contributed by atoms with Crippen LogP contribution in [0.5, 0.6) is 0 Å². The van der Waals surface area contributed by atoms with E-state index in [-0.39, 0.29) is 11.8 Å². The van der Waals surface area contributed by atoms with Crippen LogP contribution in [0.2, 0.25) is 0 Å². The minimum atomic E-state index is -0.0652. The third kappa shape index (κ3) is 6.30. The summed E-state index contributed by atoms with van der Waals surface area (Å²) in [5.74, 6) is 0.691. The normalized spacial score (nSPS) is 14.2. The lowest BCUT2D eigenvalue weighted by Gasteiger charge is -2.22. The van der Waals surface area contributed by atoms with Gasteiger partial charge in [0.05, 0.1) is 12.8 Å². The van der Waals surface area contributed by atoms with Crippen LogP contribution in [0.25, 0.3) is 0 Å². The molecule has 1 aromatic rings. The van der Waals surface area contributed by atoms with Crippen LogP contribution in [0.1, 0.15) is 51.2 Å². The molecule has 0 atom stereocenters. The van der Waals surface area contributed by atoms with Gasteiger partial charge in [0.2, 0.25) is 11.8 Å². The highest BCUT2D eigenvalue weighted by molar-refractivity contribution is 5.77. The molecule has 5 heteroatoms. The number of amides is 2. The summed E-state index contributed by atoms with van der Waals surface area (Å²) in [5, 5.41) is 2.80. The third-order valence-corrected chi connectivity index (χ3v) is 4.18. The van der Waals surface area contributed by atoms with Gasteiger partial charge in [-0.3, -0.25) is 9.59 Å². The van der Waals surface area contributed by atoms with Crippen LogP contribution in [0.15, 0.2) is 34.5 Å². The van der Waals surface area contributed by atoms with E-state index in [1.54, 1.807) is 24.2 Å². The van der Waals surface area contributed by atoms with E-state index in [1.165, 1.54) is 18.4 Å². The fraction of sp³-hybridized carbons (Fsp3) is 0.556. The van der Waals surface area contributed by atoms with Gasteiger partial charge in [0, 0.05) is 26.4 Å². The van der Waals surface area contributed by atoms with E-state index >= 15 is 0 Å². The summed E-state index contributed by atoms with van der Waals surface area (Å²) in [6.07, 6.45) is 9.96. The number of carbonyl (C=O) groups excluding carboxylic acids is 2. The lowest BCUT2D eigenvalue weighted by Crippen LogP contribution is -2.34. The Balaban J connectivity index is 1.69. The minimum Gasteiger partial charge on any atom is -0.467 e. The first-order chi connectivity index (χ1) is 11.1. The van der Waals surface area contributed by atoms with Gasteiger partial charge in [0.15, 0.2) is 0 Å². The Morgan fingerprint density at radius 1 is 1.30 bits per heavy atom. The van der Waals surface area contributed by atoms with Crippen molar-refractivity contribution < 1.29 is 14.0 Å². The fourth-order valence-corrected chi connectivity index (χ4v) is 2.76. The van der Waals surface area contributed by atoms with Crippen molar-refractivity contribution in [1.82, 2.24) is 10.2 Å². The Hall–Kier alpha value is -2.04. The highest BCUT2D eigenvalue weighted by Gasteiger charge is 2.13. The van der Waals surface area contributed by atoms with Crippen molar-refractivity contribution in [3.63, 3.8) is 0 Å². The molecule has 2 amide bonds. The highest BCUT2D eigenvalue weighted by atomic mass is 16.3. The van der Waals surface area contributed by atoms with Gasteiger partial charge in [-0.15, -0.1) is 0 Å². The molecule has 0 saturated heterocycles. The van der Waals surface area contributed by atoms with Crippen LogP contribution >= 0.6 is 0 Å². The lowest BCUT2D eigenvalue weighted by atomic mass is 9.97. The number of rotatable bonds is 8. The molecule has 1 heterocycles. The molecule has 1 aromatic heterocycles. The Morgan fingerprint density at radius 3 is 2.83 bits per heavy atom. The zero-order chi connectivity index (χ0) is 16.5. The maximum absolute atomic E-state index is 11.9. The first-order valence-corrected chi connectivity index (χ1v) is 8.37. The molecule has 126 valence electrons. The van der Waals surface area contributed by atoms with Crippen molar-refractivity contribution in [3.8, 4) is 0 Å². The molecule has 1 N–H and O–H groups in total. The molecular weight excluding hydrogens is 292 g/mol. The summed E-state index contributed by atoms with van der Waals surface area (Å²) in [6, 6.07) is 3.61. The van der Waals surface area contributed by atoms with Crippen LogP contribution in [-0.2, 0) is 16.1 Å². The van der Waals surface area contributed by atoms with Crippen molar-refractivity contribution in [2.75, 3.05) is 13.1 Å². The Bertz CT molecular complexity index is 534. The first kappa shape index (κ1) is 17.3. The molecule has 0 bridgehead atoms. The van der Waals surface area contributed by atoms with E-state index in [0.29, 0.717) is 26.1 Å². The molecule has 23 heavy (non-hydrogen) atoms. The quantitative estimate of drug-likeness (QED) is 0.749. The van der Waals surface area contributed by atoms with Gasteiger partial charge in [-0.2, -0.15) is 0 Å². The van der Waals surface area contributed by atoms with E-state index in [1.807, 2.05) is 6.07 Å².